The second kappa shape index (κ2) is 4.90. The van der Waals surface area contributed by atoms with Crippen molar-refractivity contribution in [2.45, 2.75) is 19.0 Å². The largest absolute Gasteiger partial charge is 0.480 e. The summed E-state index contributed by atoms with van der Waals surface area (Å²) in [6, 6.07) is -0.379. The van der Waals surface area contributed by atoms with Gasteiger partial charge in [-0.3, -0.25) is 9.69 Å². The molecule has 1 aromatic heterocycles. The van der Waals surface area contributed by atoms with Gasteiger partial charge in [0.05, 0.1) is 6.04 Å². The summed E-state index contributed by atoms with van der Waals surface area (Å²) in [7, 11) is 0. The Balaban J connectivity index is 2.14. The third-order valence-electron chi connectivity index (χ3n) is 2.88. The molecule has 88 valence electrons. The first-order valence-corrected chi connectivity index (χ1v) is 6.17. The maximum Gasteiger partial charge on any atom is 0.322 e. The molecule has 2 N–H and O–H groups in total. The van der Waals surface area contributed by atoms with Crippen LogP contribution in [0.1, 0.15) is 18.0 Å². The van der Waals surface area contributed by atoms with Gasteiger partial charge in [0.25, 0.3) is 0 Å². The van der Waals surface area contributed by atoms with Crippen LogP contribution in [0.15, 0.2) is 11.6 Å². The highest BCUT2D eigenvalue weighted by Crippen LogP contribution is 2.24. The molecule has 1 saturated heterocycles. The van der Waals surface area contributed by atoms with Gasteiger partial charge >= 0.3 is 5.97 Å². The Morgan fingerprint density at radius 2 is 2.62 bits per heavy atom. The molecule has 2 rings (SSSR count). The molecule has 0 spiro atoms. The van der Waals surface area contributed by atoms with Gasteiger partial charge in [-0.1, -0.05) is 0 Å². The first kappa shape index (κ1) is 11.5. The molecule has 1 fully saturated rings. The number of hydrogen-bond acceptors (Lipinski definition) is 5. The first-order chi connectivity index (χ1) is 7.70. The molecule has 0 bridgehead atoms. The Bertz CT molecular complexity index is 355. The lowest BCUT2D eigenvalue weighted by atomic mass is 10.1. The fraction of sp³-hybridized carbons (Fsp3) is 0.600. The Hall–Kier alpha value is -0.980. The quantitative estimate of drug-likeness (QED) is 0.809. The molecule has 6 heteroatoms. The van der Waals surface area contributed by atoms with Gasteiger partial charge in [-0.25, -0.2) is 4.98 Å². The number of aromatic nitrogens is 1. The van der Waals surface area contributed by atoms with Gasteiger partial charge in [-0.2, -0.15) is 0 Å². The monoisotopic (exact) mass is 241 g/mol. The van der Waals surface area contributed by atoms with Gasteiger partial charge in [-0.05, 0) is 6.92 Å². The summed E-state index contributed by atoms with van der Waals surface area (Å²) in [6.45, 7) is 4.10. The highest BCUT2D eigenvalue weighted by molar-refractivity contribution is 7.09. The van der Waals surface area contributed by atoms with E-state index in [0.717, 1.165) is 18.1 Å². The standard InChI is InChI=1S/C10H15N3O2S/c1-7(9-12-3-5-16-9)13-4-2-11-6-8(13)10(14)15/h3,5,7-8,11H,2,4,6H2,1H3,(H,14,15)/t7-,8+/m1/s1. The van der Waals surface area contributed by atoms with Crippen molar-refractivity contribution >= 4 is 17.3 Å². The SMILES string of the molecule is C[C@H](c1nccs1)N1CCNC[C@H]1C(=O)O. The van der Waals surface area contributed by atoms with Gasteiger partial charge in [-0.15, -0.1) is 11.3 Å². The number of carbonyl (C=O) groups is 1. The number of rotatable bonds is 3. The van der Waals surface area contributed by atoms with Crippen LogP contribution in [-0.4, -0.2) is 46.6 Å². The van der Waals surface area contributed by atoms with Crippen molar-refractivity contribution in [1.82, 2.24) is 15.2 Å². The van der Waals surface area contributed by atoms with Crippen LogP contribution in [0, 0.1) is 0 Å². The van der Waals surface area contributed by atoms with Gasteiger partial charge in [0.2, 0.25) is 0 Å². The summed E-state index contributed by atoms with van der Waals surface area (Å²) < 4.78 is 0. The van der Waals surface area contributed by atoms with E-state index in [4.69, 9.17) is 5.11 Å². The Labute approximate surface area is 98.1 Å². The Morgan fingerprint density at radius 1 is 1.81 bits per heavy atom. The predicted molar refractivity (Wildman–Crippen MR) is 61.5 cm³/mol. The van der Waals surface area contributed by atoms with Crippen molar-refractivity contribution in [3.05, 3.63) is 16.6 Å². The number of nitrogens with one attached hydrogen (secondary N) is 1. The third kappa shape index (κ3) is 2.23. The number of thiazole rings is 1. The molecule has 0 saturated carbocycles. The fourth-order valence-electron chi connectivity index (χ4n) is 2.00. The number of carboxylic acids is 1. The van der Waals surface area contributed by atoms with E-state index in [1.54, 1.807) is 17.5 Å². The van der Waals surface area contributed by atoms with E-state index < -0.39 is 12.0 Å². The number of piperazine rings is 1. The molecule has 1 aliphatic heterocycles. The average Bonchev–Trinajstić information content (AvgIpc) is 2.81. The number of nitrogens with zero attached hydrogens (tertiary/aromatic N) is 2. The van der Waals surface area contributed by atoms with Crippen molar-refractivity contribution in [2.75, 3.05) is 19.6 Å². The normalized spacial score (nSPS) is 24.2. The molecule has 5 nitrogen and oxygen atoms in total. The first-order valence-electron chi connectivity index (χ1n) is 5.29. The summed E-state index contributed by atoms with van der Waals surface area (Å²) in [5.74, 6) is -0.768. The van der Waals surface area contributed by atoms with Crippen molar-refractivity contribution in [2.24, 2.45) is 0 Å². The van der Waals surface area contributed by atoms with Crippen LogP contribution in [0.5, 0.6) is 0 Å². The lowest BCUT2D eigenvalue weighted by Crippen LogP contribution is -2.55. The van der Waals surface area contributed by atoms with Crippen LogP contribution in [0.3, 0.4) is 0 Å². The molecule has 2 heterocycles. The molecule has 2 atom stereocenters. The highest BCUT2D eigenvalue weighted by atomic mass is 32.1. The molecule has 1 aliphatic rings. The summed E-state index contributed by atoms with van der Waals surface area (Å²) in [5.41, 5.74) is 0. The van der Waals surface area contributed by atoms with Crippen LogP contribution in [0.2, 0.25) is 0 Å². The third-order valence-corrected chi connectivity index (χ3v) is 3.82. The van der Waals surface area contributed by atoms with Crippen LogP contribution >= 0.6 is 11.3 Å². The van der Waals surface area contributed by atoms with E-state index in [2.05, 4.69) is 10.3 Å². The number of aliphatic carboxylic acids is 1. The number of hydrogen-bond donors (Lipinski definition) is 2. The zero-order valence-corrected chi connectivity index (χ0v) is 9.91. The van der Waals surface area contributed by atoms with Gasteiger partial charge in [0.1, 0.15) is 11.0 Å². The second-order valence-corrected chi connectivity index (χ2v) is 4.77. The van der Waals surface area contributed by atoms with E-state index in [0.29, 0.717) is 6.54 Å². The molecule has 0 aliphatic carbocycles. The minimum absolute atomic E-state index is 0.0724. The van der Waals surface area contributed by atoms with E-state index in [1.807, 2.05) is 17.2 Å². The van der Waals surface area contributed by atoms with Crippen LogP contribution in [-0.2, 0) is 4.79 Å². The Morgan fingerprint density at radius 3 is 3.25 bits per heavy atom. The summed E-state index contributed by atoms with van der Waals surface area (Å²) in [5, 5.41) is 15.2. The molecular weight excluding hydrogens is 226 g/mol. The van der Waals surface area contributed by atoms with Gasteiger partial charge in [0, 0.05) is 31.2 Å². The zero-order valence-electron chi connectivity index (χ0n) is 9.09. The summed E-state index contributed by atoms with van der Waals surface area (Å²) in [4.78, 5) is 17.4. The maximum atomic E-state index is 11.1. The van der Waals surface area contributed by atoms with Gasteiger partial charge < -0.3 is 10.4 Å². The molecule has 0 unspecified atom stereocenters. The highest BCUT2D eigenvalue weighted by Gasteiger charge is 2.32. The predicted octanol–water partition coefficient (Wildman–Crippen LogP) is 0.562. The maximum absolute atomic E-state index is 11.1. The van der Waals surface area contributed by atoms with Crippen molar-refractivity contribution < 1.29 is 9.90 Å². The van der Waals surface area contributed by atoms with E-state index in [9.17, 15) is 4.79 Å². The number of carboxylic acid groups (broad SMARTS) is 1. The molecule has 1 aromatic rings. The smallest absolute Gasteiger partial charge is 0.322 e. The van der Waals surface area contributed by atoms with E-state index in [-0.39, 0.29) is 6.04 Å². The van der Waals surface area contributed by atoms with Gasteiger partial charge in [0.15, 0.2) is 0 Å². The molecule has 0 radical (unpaired) electrons. The second-order valence-electron chi connectivity index (χ2n) is 3.84. The summed E-state index contributed by atoms with van der Waals surface area (Å²) >= 11 is 1.57. The van der Waals surface area contributed by atoms with Crippen LogP contribution in [0.4, 0.5) is 0 Å². The lowest BCUT2D eigenvalue weighted by Gasteiger charge is -2.36. The van der Waals surface area contributed by atoms with Crippen LogP contribution < -0.4 is 5.32 Å². The molecule has 16 heavy (non-hydrogen) atoms. The lowest BCUT2D eigenvalue weighted by molar-refractivity contribution is -0.145. The molecular formula is C10H15N3O2S. The Kier molecular flexibility index (Phi) is 3.52. The summed E-state index contributed by atoms with van der Waals surface area (Å²) in [6.07, 6.45) is 1.76. The van der Waals surface area contributed by atoms with Crippen molar-refractivity contribution in [3.8, 4) is 0 Å². The average molecular weight is 241 g/mol. The minimum Gasteiger partial charge on any atom is -0.480 e. The molecule has 0 amide bonds. The van der Waals surface area contributed by atoms with Crippen molar-refractivity contribution in [3.63, 3.8) is 0 Å². The fourth-order valence-corrected chi connectivity index (χ4v) is 2.71. The zero-order chi connectivity index (χ0) is 11.5. The van der Waals surface area contributed by atoms with Crippen molar-refractivity contribution in [1.29, 1.82) is 0 Å². The van der Waals surface area contributed by atoms with Crippen LogP contribution in [0.25, 0.3) is 0 Å². The topological polar surface area (TPSA) is 65.5 Å². The van der Waals surface area contributed by atoms with E-state index in [1.165, 1.54) is 0 Å². The minimum atomic E-state index is -0.768. The van der Waals surface area contributed by atoms with E-state index >= 15 is 0 Å². The molecule has 0 aromatic carbocycles.